The highest BCUT2D eigenvalue weighted by atomic mass is 32.2. The van der Waals surface area contributed by atoms with Crippen molar-refractivity contribution in [1.29, 1.82) is 0 Å². The van der Waals surface area contributed by atoms with Gasteiger partial charge in [-0.1, -0.05) is 19.8 Å². The van der Waals surface area contributed by atoms with Gasteiger partial charge in [-0.2, -0.15) is 0 Å². The number of ether oxygens (including phenoxy) is 1. The molecule has 0 amide bonds. The zero-order valence-corrected chi connectivity index (χ0v) is 14.8. The molecule has 0 unspecified atom stereocenters. The highest BCUT2D eigenvalue weighted by Gasteiger charge is 2.29. The van der Waals surface area contributed by atoms with Crippen molar-refractivity contribution in [3.8, 4) is 5.75 Å². The van der Waals surface area contributed by atoms with Crippen LogP contribution in [0.3, 0.4) is 0 Å². The SMILES string of the molecule is CCOc1cc(C)c(C)cc1S(=O)(=O)N[C@H]1CCCC[C@H]1C. The van der Waals surface area contributed by atoms with E-state index in [1.165, 1.54) is 6.42 Å². The van der Waals surface area contributed by atoms with Crippen LogP contribution in [0, 0.1) is 19.8 Å². The first kappa shape index (κ1) is 17.3. The van der Waals surface area contributed by atoms with Crippen LogP contribution in [0.4, 0.5) is 0 Å². The summed E-state index contributed by atoms with van der Waals surface area (Å²) >= 11 is 0. The maximum Gasteiger partial charge on any atom is 0.244 e. The maximum absolute atomic E-state index is 12.8. The first-order chi connectivity index (χ1) is 10.3. The van der Waals surface area contributed by atoms with E-state index < -0.39 is 10.0 Å². The second-order valence-corrected chi connectivity index (χ2v) is 7.99. The van der Waals surface area contributed by atoms with Crippen molar-refractivity contribution in [3.05, 3.63) is 23.3 Å². The van der Waals surface area contributed by atoms with E-state index in [2.05, 4.69) is 11.6 Å². The van der Waals surface area contributed by atoms with Crippen LogP contribution >= 0.6 is 0 Å². The second-order valence-electron chi connectivity index (χ2n) is 6.31. The van der Waals surface area contributed by atoms with Gasteiger partial charge in [-0.25, -0.2) is 13.1 Å². The van der Waals surface area contributed by atoms with E-state index in [4.69, 9.17) is 4.74 Å². The minimum Gasteiger partial charge on any atom is -0.492 e. The van der Waals surface area contributed by atoms with Crippen LogP contribution in [-0.4, -0.2) is 21.1 Å². The van der Waals surface area contributed by atoms with Crippen LogP contribution in [0.15, 0.2) is 17.0 Å². The summed E-state index contributed by atoms with van der Waals surface area (Å²) in [6, 6.07) is 3.56. The molecule has 1 aliphatic carbocycles. The molecule has 0 bridgehead atoms. The summed E-state index contributed by atoms with van der Waals surface area (Å²) in [6.45, 7) is 8.32. The first-order valence-corrected chi connectivity index (χ1v) is 9.60. The molecule has 5 heteroatoms. The van der Waals surface area contributed by atoms with Crippen LogP contribution in [-0.2, 0) is 10.0 Å². The molecule has 1 N–H and O–H groups in total. The number of benzene rings is 1. The normalized spacial score (nSPS) is 22.5. The lowest BCUT2D eigenvalue weighted by Gasteiger charge is -2.29. The maximum atomic E-state index is 12.8. The Hall–Kier alpha value is -1.07. The Bertz CT molecular complexity index is 625. The van der Waals surface area contributed by atoms with Gasteiger partial charge in [-0.05, 0) is 62.8 Å². The molecule has 0 heterocycles. The van der Waals surface area contributed by atoms with Gasteiger partial charge >= 0.3 is 0 Å². The van der Waals surface area contributed by atoms with E-state index >= 15 is 0 Å². The molecule has 2 atom stereocenters. The van der Waals surface area contributed by atoms with E-state index in [9.17, 15) is 8.42 Å². The lowest BCUT2D eigenvalue weighted by Crippen LogP contribution is -2.41. The molecule has 0 radical (unpaired) electrons. The minimum absolute atomic E-state index is 0.0230. The molecule has 1 fully saturated rings. The quantitative estimate of drug-likeness (QED) is 0.900. The molecule has 1 aromatic carbocycles. The number of hydrogen-bond acceptors (Lipinski definition) is 3. The lowest BCUT2D eigenvalue weighted by atomic mass is 9.87. The van der Waals surface area contributed by atoms with Gasteiger partial charge in [0.15, 0.2) is 0 Å². The molecule has 22 heavy (non-hydrogen) atoms. The average Bonchev–Trinajstić information content (AvgIpc) is 2.45. The van der Waals surface area contributed by atoms with E-state index in [1.54, 1.807) is 6.07 Å². The molecule has 2 rings (SSSR count). The summed E-state index contributed by atoms with van der Waals surface area (Å²) < 4.78 is 34.1. The summed E-state index contributed by atoms with van der Waals surface area (Å²) in [5, 5.41) is 0. The van der Waals surface area contributed by atoms with Crippen molar-refractivity contribution in [1.82, 2.24) is 4.72 Å². The van der Waals surface area contributed by atoms with Gasteiger partial charge in [0, 0.05) is 6.04 Å². The Morgan fingerprint density at radius 2 is 1.82 bits per heavy atom. The Labute approximate surface area is 134 Å². The third-order valence-corrected chi connectivity index (χ3v) is 6.08. The molecule has 1 aromatic rings. The Kier molecular flexibility index (Phi) is 5.50. The summed E-state index contributed by atoms with van der Waals surface area (Å²) in [4.78, 5) is 0.259. The zero-order chi connectivity index (χ0) is 16.3. The van der Waals surface area contributed by atoms with Crippen molar-refractivity contribution in [3.63, 3.8) is 0 Å². The molecular formula is C17H27NO3S. The molecule has 0 saturated heterocycles. The second kappa shape index (κ2) is 7.01. The number of sulfonamides is 1. The van der Waals surface area contributed by atoms with Crippen molar-refractivity contribution >= 4 is 10.0 Å². The number of rotatable bonds is 5. The van der Waals surface area contributed by atoms with Gasteiger partial charge in [0.05, 0.1) is 6.61 Å². The zero-order valence-electron chi connectivity index (χ0n) is 14.0. The Morgan fingerprint density at radius 3 is 2.45 bits per heavy atom. The third kappa shape index (κ3) is 3.82. The van der Waals surface area contributed by atoms with Gasteiger partial charge in [0.1, 0.15) is 10.6 Å². The van der Waals surface area contributed by atoms with Crippen LogP contribution in [0.5, 0.6) is 5.75 Å². The van der Waals surface area contributed by atoms with Crippen LogP contribution < -0.4 is 9.46 Å². The molecule has 0 aromatic heterocycles. The molecular weight excluding hydrogens is 298 g/mol. The Morgan fingerprint density at radius 1 is 1.18 bits per heavy atom. The van der Waals surface area contributed by atoms with Gasteiger partial charge in [-0.3, -0.25) is 0 Å². The fourth-order valence-electron chi connectivity index (χ4n) is 3.00. The monoisotopic (exact) mass is 325 g/mol. The molecule has 0 aliphatic heterocycles. The summed E-state index contributed by atoms with van der Waals surface area (Å²) in [5.41, 5.74) is 1.99. The highest BCUT2D eigenvalue weighted by molar-refractivity contribution is 7.89. The number of nitrogens with one attached hydrogen (secondary N) is 1. The molecule has 0 spiro atoms. The van der Waals surface area contributed by atoms with Gasteiger partial charge < -0.3 is 4.74 Å². The largest absolute Gasteiger partial charge is 0.492 e. The summed E-state index contributed by atoms with van der Waals surface area (Å²) in [5.74, 6) is 0.826. The fourth-order valence-corrected chi connectivity index (χ4v) is 4.59. The summed E-state index contributed by atoms with van der Waals surface area (Å²) in [6.07, 6.45) is 4.27. The van der Waals surface area contributed by atoms with Crippen molar-refractivity contribution in [2.24, 2.45) is 5.92 Å². The van der Waals surface area contributed by atoms with Gasteiger partial charge in [0.25, 0.3) is 0 Å². The van der Waals surface area contributed by atoms with E-state index in [-0.39, 0.29) is 10.9 Å². The van der Waals surface area contributed by atoms with Crippen molar-refractivity contribution in [2.75, 3.05) is 6.61 Å². The van der Waals surface area contributed by atoms with Crippen LogP contribution in [0.2, 0.25) is 0 Å². The van der Waals surface area contributed by atoms with Gasteiger partial charge in [-0.15, -0.1) is 0 Å². The average molecular weight is 325 g/mol. The molecule has 4 nitrogen and oxygen atoms in total. The predicted octanol–water partition coefficient (Wildman–Crippen LogP) is 3.56. The van der Waals surface area contributed by atoms with Crippen LogP contribution in [0.1, 0.15) is 50.7 Å². The third-order valence-electron chi connectivity index (χ3n) is 4.57. The standard InChI is InChI=1S/C17H27NO3S/c1-5-21-16-10-13(3)14(4)11-17(16)22(19,20)18-15-9-7-6-8-12(15)2/h10-12,15,18H,5-9H2,1-4H3/t12-,15+/m1/s1. The van der Waals surface area contributed by atoms with Crippen LogP contribution in [0.25, 0.3) is 0 Å². The molecule has 1 aliphatic rings. The molecule has 1 saturated carbocycles. The van der Waals surface area contributed by atoms with Gasteiger partial charge in [0.2, 0.25) is 10.0 Å². The number of aryl methyl sites for hydroxylation is 2. The van der Waals surface area contributed by atoms with Crippen molar-refractivity contribution < 1.29 is 13.2 Å². The van der Waals surface area contributed by atoms with E-state index in [0.29, 0.717) is 18.3 Å². The van der Waals surface area contributed by atoms with E-state index in [0.717, 1.165) is 30.4 Å². The fraction of sp³-hybridized carbons (Fsp3) is 0.647. The minimum atomic E-state index is -3.56. The first-order valence-electron chi connectivity index (χ1n) is 8.11. The van der Waals surface area contributed by atoms with E-state index in [1.807, 2.05) is 26.8 Å². The number of hydrogen-bond donors (Lipinski definition) is 1. The van der Waals surface area contributed by atoms with Crippen molar-refractivity contribution in [2.45, 2.75) is 64.3 Å². The summed E-state index contributed by atoms with van der Waals surface area (Å²) in [7, 11) is -3.56. The smallest absolute Gasteiger partial charge is 0.244 e. The molecule has 124 valence electrons. The predicted molar refractivity (Wildman–Crippen MR) is 88.8 cm³/mol. The lowest BCUT2D eigenvalue weighted by molar-refractivity contribution is 0.308. The highest BCUT2D eigenvalue weighted by Crippen LogP contribution is 2.30. The Balaban J connectivity index is 2.33. The topological polar surface area (TPSA) is 55.4 Å².